The second-order valence-corrected chi connectivity index (χ2v) is 5.21. The molecule has 0 N–H and O–H groups in total. The van der Waals surface area contributed by atoms with Crippen LogP contribution in [-0.4, -0.2) is 7.11 Å². The van der Waals surface area contributed by atoms with Crippen LogP contribution < -0.4 is 9.47 Å². The van der Waals surface area contributed by atoms with Crippen LogP contribution in [0.3, 0.4) is 0 Å². The number of benzene rings is 2. The van der Waals surface area contributed by atoms with Crippen molar-refractivity contribution >= 4 is 22.6 Å². The van der Waals surface area contributed by atoms with Gasteiger partial charge in [-0.25, -0.2) is 0 Å². The fourth-order valence-electron chi connectivity index (χ4n) is 1.60. The van der Waals surface area contributed by atoms with Crippen LogP contribution in [0.5, 0.6) is 11.5 Å². The summed E-state index contributed by atoms with van der Waals surface area (Å²) in [5.41, 5.74) is 2.37. The minimum atomic E-state index is 0.573. The first-order valence-electron chi connectivity index (χ1n) is 5.71. The molecule has 94 valence electrons. The van der Waals surface area contributed by atoms with Crippen LogP contribution in [0, 0.1) is 10.5 Å². The van der Waals surface area contributed by atoms with E-state index in [1.54, 1.807) is 7.11 Å². The molecule has 0 saturated carbocycles. The van der Waals surface area contributed by atoms with Crippen molar-refractivity contribution in [2.45, 2.75) is 13.5 Å². The van der Waals surface area contributed by atoms with Gasteiger partial charge in [0.05, 0.1) is 7.11 Å². The van der Waals surface area contributed by atoms with Crippen LogP contribution in [0.2, 0.25) is 0 Å². The van der Waals surface area contributed by atoms with Crippen molar-refractivity contribution in [3.63, 3.8) is 0 Å². The van der Waals surface area contributed by atoms with Crippen LogP contribution in [0.1, 0.15) is 11.1 Å². The Morgan fingerprint density at radius 2 is 1.67 bits per heavy atom. The third kappa shape index (κ3) is 3.38. The molecule has 2 nitrogen and oxygen atoms in total. The minimum absolute atomic E-state index is 0.573. The summed E-state index contributed by atoms with van der Waals surface area (Å²) < 4.78 is 12.1. The molecule has 0 saturated heterocycles. The molecule has 0 heterocycles. The first kappa shape index (κ1) is 13.2. The predicted molar refractivity (Wildman–Crippen MR) is 81.2 cm³/mol. The predicted octanol–water partition coefficient (Wildman–Crippen LogP) is 4.19. The van der Waals surface area contributed by atoms with Crippen LogP contribution in [0.15, 0.2) is 42.5 Å². The Morgan fingerprint density at radius 1 is 1.00 bits per heavy atom. The van der Waals surface area contributed by atoms with E-state index in [0.717, 1.165) is 17.1 Å². The Balaban J connectivity index is 1.99. The third-order valence-electron chi connectivity index (χ3n) is 2.69. The van der Waals surface area contributed by atoms with Gasteiger partial charge in [0.15, 0.2) is 0 Å². The molecule has 2 rings (SSSR count). The van der Waals surface area contributed by atoms with E-state index < -0.39 is 0 Å². The van der Waals surface area contributed by atoms with E-state index in [2.05, 4.69) is 41.6 Å². The lowest BCUT2D eigenvalue weighted by molar-refractivity contribution is 0.305. The maximum Gasteiger partial charge on any atom is 0.120 e. The molecule has 0 unspecified atom stereocenters. The van der Waals surface area contributed by atoms with Gasteiger partial charge in [0, 0.05) is 3.57 Å². The monoisotopic (exact) mass is 354 g/mol. The highest BCUT2D eigenvalue weighted by atomic mass is 127. The average molecular weight is 354 g/mol. The van der Waals surface area contributed by atoms with Gasteiger partial charge < -0.3 is 9.47 Å². The van der Waals surface area contributed by atoms with Crippen molar-refractivity contribution in [1.82, 2.24) is 0 Å². The number of halogens is 1. The van der Waals surface area contributed by atoms with Gasteiger partial charge in [-0.05, 0) is 71.0 Å². The molecule has 3 heteroatoms. The fraction of sp³-hybridized carbons (Fsp3) is 0.200. The lowest BCUT2D eigenvalue weighted by atomic mass is 10.2. The van der Waals surface area contributed by atoms with Crippen LogP contribution in [0.4, 0.5) is 0 Å². The zero-order valence-electron chi connectivity index (χ0n) is 10.4. The second kappa shape index (κ2) is 6.09. The summed E-state index contributed by atoms with van der Waals surface area (Å²) in [7, 11) is 1.67. The van der Waals surface area contributed by atoms with Gasteiger partial charge in [-0.2, -0.15) is 0 Å². The number of hydrogen-bond donors (Lipinski definition) is 0. The molecule has 2 aromatic carbocycles. The normalized spacial score (nSPS) is 10.2. The first-order valence-corrected chi connectivity index (χ1v) is 6.79. The summed E-state index contributed by atoms with van der Waals surface area (Å²) in [5.74, 6) is 1.77. The van der Waals surface area contributed by atoms with Crippen LogP contribution in [0.25, 0.3) is 0 Å². The minimum Gasteiger partial charge on any atom is -0.497 e. The zero-order chi connectivity index (χ0) is 13.0. The van der Waals surface area contributed by atoms with Gasteiger partial charge in [-0.15, -0.1) is 0 Å². The van der Waals surface area contributed by atoms with E-state index in [0.29, 0.717) is 6.61 Å². The molecular formula is C15H15IO2. The Hall–Kier alpha value is -1.23. The van der Waals surface area contributed by atoms with Gasteiger partial charge in [-0.3, -0.25) is 0 Å². The standard InChI is InChI=1S/C15H15IO2/c1-11-9-14(7-8-15(11)16)18-10-12-3-5-13(17-2)6-4-12/h3-9H,10H2,1-2H3. The molecule has 0 aliphatic rings. The molecule has 0 spiro atoms. The summed E-state index contributed by atoms with van der Waals surface area (Å²) in [5, 5.41) is 0. The Bertz CT molecular complexity index is 521. The molecule has 0 aromatic heterocycles. The van der Waals surface area contributed by atoms with Gasteiger partial charge in [0.2, 0.25) is 0 Å². The lowest BCUT2D eigenvalue weighted by Crippen LogP contribution is -1.96. The highest BCUT2D eigenvalue weighted by molar-refractivity contribution is 14.1. The maximum absolute atomic E-state index is 5.76. The summed E-state index contributed by atoms with van der Waals surface area (Å²) in [6.45, 7) is 2.66. The molecular weight excluding hydrogens is 339 g/mol. The average Bonchev–Trinajstić information content (AvgIpc) is 2.41. The number of methoxy groups -OCH3 is 1. The van der Waals surface area contributed by atoms with Crippen LogP contribution >= 0.6 is 22.6 Å². The number of hydrogen-bond acceptors (Lipinski definition) is 2. The SMILES string of the molecule is COc1ccc(COc2ccc(I)c(C)c2)cc1. The summed E-state index contributed by atoms with van der Waals surface area (Å²) in [6.07, 6.45) is 0. The van der Waals surface area contributed by atoms with E-state index >= 15 is 0 Å². The lowest BCUT2D eigenvalue weighted by Gasteiger charge is -2.08. The first-order chi connectivity index (χ1) is 8.69. The molecule has 0 aliphatic carbocycles. The van der Waals surface area contributed by atoms with Crippen molar-refractivity contribution in [2.75, 3.05) is 7.11 Å². The maximum atomic E-state index is 5.76. The van der Waals surface area contributed by atoms with Gasteiger partial charge >= 0.3 is 0 Å². The highest BCUT2D eigenvalue weighted by Gasteiger charge is 1.99. The smallest absolute Gasteiger partial charge is 0.120 e. The molecule has 18 heavy (non-hydrogen) atoms. The Kier molecular flexibility index (Phi) is 4.47. The van der Waals surface area contributed by atoms with E-state index in [4.69, 9.17) is 9.47 Å². The molecule has 0 bridgehead atoms. The molecule has 0 radical (unpaired) electrons. The largest absolute Gasteiger partial charge is 0.497 e. The molecule has 0 aliphatic heterocycles. The molecule has 0 atom stereocenters. The number of aryl methyl sites for hydroxylation is 1. The Morgan fingerprint density at radius 3 is 2.28 bits per heavy atom. The number of ether oxygens (including phenoxy) is 2. The highest BCUT2D eigenvalue weighted by Crippen LogP contribution is 2.20. The topological polar surface area (TPSA) is 18.5 Å². The zero-order valence-corrected chi connectivity index (χ0v) is 12.6. The summed E-state index contributed by atoms with van der Waals surface area (Å²) >= 11 is 2.32. The molecule has 2 aromatic rings. The Labute approximate surface area is 121 Å². The van der Waals surface area contributed by atoms with E-state index in [9.17, 15) is 0 Å². The molecule has 0 amide bonds. The summed E-state index contributed by atoms with van der Waals surface area (Å²) in [6, 6.07) is 14.0. The van der Waals surface area contributed by atoms with E-state index in [-0.39, 0.29) is 0 Å². The van der Waals surface area contributed by atoms with E-state index in [1.807, 2.05) is 30.3 Å². The van der Waals surface area contributed by atoms with Gasteiger partial charge in [0.25, 0.3) is 0 Å². The van der Waals surface area contributed by atoms with Crippen molar-refractivity contribution in [3.8, 4) is 11.5 Å². The van der Waals surface area contributed by atoms with Crippen molar-refractivity contribution in [1.29, 1.82) is 0 Å². The van der Waals surface area contributed by atoms with Crippen molar-refractivity contribution < 1.29 is 9.47 Å². The third-order valence-corrected chi connectivity index (χ3v) is 3.90. The second-order valence-electron chi connectivity index (χ2n) is 4.05. The summed E-state index contributed by atoms with van der Waals surface area (Å²) in [4.78, 5) is 0. The molecule has 0 fully saturated rings. The van der Waals surface area contributed by atoms with Crippen molar-refractivity contribution in [2.24, 2.45) is 0 Å². The fourth-order valence-corrected chi connectivity index (χ4v) is 1.93. The van der Waals surface area contributed by atoms with E-state index in [1.165, 1.54) is 9.13 Å². The van der Waals surface area contributed by atoms with Crippen molar-refractivity contribution in [3.05, 3.63) is 57.2 Å². The quantitative estimate of drug-likeness (QED) is 0.767. The number of rotatable bonds is 4. The van der Waals surface area contributed by atoms with Crippen LogP contribution in [-0.2, 0) is 6.61 Å². The van der Waals surface area contributed by atoms with Gasteiger partial charge in [0.1, 0.15) is 18.1 Å². The van der Waals surface area contributed by atoms with Gasteiger partial charge in [-0.1, -0.05) is 12.1 Å².